The van der Waals surface area contributed by atoms with Gasteiger partial charge in [-0.3, -0.25) is 9.58 Å². The van der Waals surface area contributed by atoms with E-state index in [1.807, 2.05) is 14.0 Å². The summed E-state index contributed by atoms with van der Waals surface area (Å²) < 4.78 is 28.6. The van der Waals surface area contributed by atoms with Crippen molar-refractivity contribution in [2.45, 2.75) is 18.4 Å². The smallest absolute Gasteiger partial charge is 0.243 e. The van der Waals surface area contributed by atoms with E-state index in [1.54, 1.807) is 22.9 Å². The number of nitrogens with zero attached hydrogens (tertiary/aromatic N) is 4. The van der Waals surface area contributed by atoms with Crippen molar-refractivity contribution in [2.75, 3.05) is 26.2 Å². The van der Waals surface area contributed by atoms with Crippen molar-refractivity contribution in [3.05, 3.63) is 45.7 Å². The number of halogens is 2. The van der Waals surface area contributed by atoms with Crippen molar-refractivity contribution in [1.29, 1.82) is 0 Å². The first-order valence-corrected chi connectivity index (χ1v) is 10.1. The molecule has 0 saturated carbocycles. The highest BCUT2D eigenvalue weighted by Crippen LogP contribution is 2.23. The molecule has 1 aromatic carbocycles. The second-order valence-corrected chi connectivity index (χ2v) is 8.85. The van der Waals surface area contributed by atoms with Gasteiger partial charge in [-0.05, 0) is 25.1 Å². The Balaban J connectivity index is 1.67. The fourth-order valence-corrected chi connectivity index (χ4v) is 4.94. The van der Waals surface area contributed by atoms with E-state index in [4.69, 9.17) is 23.2 Å². The monoisotopic (exact) mass is 402 g/mol. The number of aryl methyl sites for hydroxylation is 2. The fourth-order valence-electron chi connectivity index (χ4n) is 2.98. The zero-order valence-electron chi connectivity index (χ0n) is 14.1. The van der Waals surface area contributed by atoms with E-state index < -0.39 is 10.0 Å². The highest BCUT2D eigenvalue weighted by Gasteiger charge is 2.29. The molecule has 1 aliphatic rings. The summed E-state index contributed by atoms with van der Waals surface area (Å²) in [4.78, 5) is 2.43. The molecule has 25 heavy (non-hydrogen) atoms. The summed E-state index contributed by atoms with van der Waals surface area (Å²) in [5, 5.41) is 5.37. The van der Waals surface area contributed by atoms with Crippen LogP contribution in [0.1, 0.15) is 11.3 Å². The predicted octanol–water partition coefficient (Wildman–Crippen LogP) is 2.54. The average Bonchev–Trinajstić information content (AvgIpc) is 2.82. The first-order chi connectivity index (χ1) is 11.8. The van der Waals surface area contributed by atoms with Gasteiger partial charge in [0.05, 0.1) is 10.6 Å². The van der Waals surface area contributed by atoms with Gasteiger partial charge in [-0.1, -0.05) is 29.3 Å². The van der Waals surface area contributed by atoms with Crippen LogP contribution in [0.5, 0.6) is 0 Å². The third-order valence-electron chi connectivity index (χ3n) is 4.42. The van der Waals surface area contributed by atoms with Gasteiger partial charge in [0.1, 0.15) is 5.15 Å². The molecule has 2 aromatic rings. The van der Waals surface area contributed by atoms with Crippen LogP contribution in [-0.2, 0) is 23.6 Å². The van der Waals surface area contributed by atoms with Crippen molar-refractivity contribution >= 4 is 33.2 Å². The van der Waals surface area contributed by atoms with Crippen molar-refractivity contribution in [1.82, 2.24) is 19.0 Å². The lowest BCUT2D eigenvalue weighted by molar-refractivity contribution is 0.181. The molecule has 136 valence electrons. The molecule has 9 heteroatoms. The number of benzene rings is 1. The van der Waals surface area contributed by atoms with Gasteiger partial charge in [0.25, 0.3) is 0 Å². The third kappa shape index (κ3) is 3.85. The van der Waals surface area contributed by atoms with E-state index in [0.717, 1.165) is 11.3 Å². The van der Waals surface area contributed by atoms with E-state index in [0.29, 0.717) is 42.9 Å². The van der Waals surface area contributed by atoms with E-state index in [2.05, 4.69) is 10.00 Å². The lowest BCUT2D eigenvalue weighted by atomic mass is 10.2. The number of hydrogen-bond acceptors (Lipinski definition) is 4. The maximum absolute atomic E-state index is 12.7. The summed E-state index contributed by atoms with van der Waals surface area (Å²) in [6.45, 7) is 4.76. The Morgan fingerprint density at radius 3 is 2.40 bits per heavy atom. The maximum atomic E-state index is 12.7. The minimum atomic E-state index is -3.51. The number of piperazine rings is 1. The summed E-state index contributed by atoms with van der Waals surface area (Å²) in [5.41, 5.74) is 1.90. The third-order valence-corrected chi connectivity index (χ3v) is 7.02. The van der Waals surface area contributed by atoms with Gasteiger partial charge in [0.15, 0.2) is 0 Å². The molecule has 1 aromatic heterocycles. The van der Waals surface area contributed by atoms with Crippen LogP contribution in [0.25, 0.3) is 0 Å². The molecular weight excluding hydrogens is 383 g/mol. The lowest BCUT2D eigenvalue weighted by Crippen LogP contribution is -2.48. The first kappa shape index (κ1) is 18.7. The summed E-state index contributed by atoms with van der Waals surface area (Å²) in [6, 6.07) is 6.38. The summed E-state index contributed by atoms with van der Waals surface area (Å²) in [7, 11) is -1.70. The van der Waals surface area contributed by atoms with Gasteiger partial charge in [0, 0.05) is 50.4 Å². The largest absolute Gasteiger partial charge is 0.296 e. The Hall–Kier alpha value is -1.12. The standard InChI is InChI=1S/C16H20Cl2N4O2S/c1-12-15(16(18)20(2)19-12)11-21-6-8-22(9-7-21)25(23,24)14-5-3-4-13(17)10-14/h3-5,10H,6-9,11H2,1-2H3. The maximum Gasteiger partial charge on any atom is 0.243 e. The molecule has 0 aliphatic carbocycles. The molecule has 2 heterocycles. The van der Waals surface area contributed by atoms with Crippen LogP contribution in [0, 0.1) is 6.92 Å². The van der Waals surface area contributed by atoms with Crippen molar-refractivity contribution < 1.29 is 8.42 Å². The van der Waals surface area contributed by atoms with Gasteiger partial charge >= 0.3 is 0 Å². The lowest BCUT2D eigenvalue weighted by Gasteiger charge is -2.34. The molecule has 1 saturated heterocycles. The fraction of sp³-hybridized carbons (Fsp3) is 0.438. The molecule has 3 rings (SSSR count). The topological polar surface area (TPSA) is 58.4 Å². The Morgan fingerprint density at radius 2 is 1.84 bits per heavy atom. The van der Waals surface area contributed by atoms with Crippen LogP contribution in [0.2, 0.25) is 10.2 Å². The molecule has 0 radical (unpaired) electrons. The summed E-state index contributed by atoms with van der Waals surface area (Å²) >= 11 is 12.2. The minimum Gasteiger partial charge on any atom is -0.296 e. The van der Waals surface area contributed by atoms with Gasteiger partial charge in [0.2, 0.25) is 10.0 Å². The van der Waals surface area contributed by atoms with Crippen molar-refractivity contribution in [2.24, 2.45) is 7.05 Å². The highest BCUT2D eigenvalue weighted by molar-refractivity contribution is 7.89. The number of sulfonamides is 1. The molecule has 6 nitrogen and oxygen atoms in total. The molecule has 1 fully saturated rings. The summed E-state index contributed by atoms with van der Waals surface area (Å²) in [5.74, 6) is 0. The highest BCUT2D eigenvalue weighted by atomic mass is 35.5. The minimum absolute atomic E-state index is 0.236. The molecular formula is C16H20Cl2N4O2S. The van der Waals surface area contributed by atoms with Crippen molar-refractivity contribution in [3.8, 4) is 0 Å². The molecule has 0 N–H and O–H groups in total. The van der Waals surface area contributed by atoms with Crippen LogP contribution in [0.15, 0.2) is 29.2 Å². The number of hydrogen-bond donors (Lipinski definition) is 0. The van der Waals surface area contributed by atoms with Gasteiger partial charge < -0.3 is 0 Å². The van der Waals surface area contributed by atoms with Crippen molar-refractivity contribution in [3.63, 3.8) is 0 Å². The first-order valence-electron chi connectivity index (χ1n) is 7.95. The second-order valence-electron chi connectivity index (χ2n) is 6.12. The second kappa shape index (κ2) is 7.25. The van der Waals surface area contributed by atoms with E-state index in [-0.39, 0.29) is 4.90 Å². The zero-order chi connectivity index (χ0) is 18.2. The van der Waals surface area contributed by atoms with Crippen LogP contribution < -0.4 is 0 Å². The average molecular weight is 403 g/mol. The Morgan fingerprint density at radius 1 is 1.16 bits per heavy atom. The number of aromatic nitrogens is 2. The van der Waals surface area contributed by atoms with Crippen LogP contribution in [0.3, 0.4) is 0 Å². The van der Waals surface area contributed by atoms with Gasteiger partial charge in [-0.25, -0.2) is 8.42 Å². The van der Waals surface area contributed by atoms with Crippen LogP contribution >= 0.6 is 23.2 Å². The molecule has 0 atom stereocenters. The Kier molecular flexibility index (Phi) is 5.41. The normalized spacial score (nSPS) is 17.1. The van der Waals surface area contributed by atoms with E-state index >= 15 is 0 Å². The predicted molar refractivity (Wildman–Crippen MR) is 98.4 cm³/mol. The summed E-state index contributed by atoms with van der Waals surface area (Å²) in [6.07, 6.45) is 0. The van der Waals surface area contributed by atoms with E-state index in [9.17, 15) is 8.42 Å². The van der Waals surface area contributed by atoms with Crippen LogP contribution in [0.4, 0.5) is 0 Å². The SMILES string of the molecule is Cc1nn(C)c(Cl)c1CN1CCN(S(=O)(=O)c2cccc(Cl)c2)CC1. The molecule has 0 bridgehead atoms. The molecule has 1 aliphatic heterocycles. The zero-order valence-corrected chi connectivity index (χ0v) is 16.4. The Bertz CT molecular complexity index is 874. The number of rotatable bonds is 4. The molecule has 0 amide bonds. The van der Waals surface area contributed by atoms with Crippen LogP contribution in [-0.4, -0.2) is 53.6 Å². The van der Waals surface area contributed by atoms with Gasteiger partial charge in [-0.2, -0.15) is 9.40 Å². The quantitative estimate of drug-likeness (QED) is 0.788. The van der Waals surface area contributed by atoms with Gasteiger partial charge in [-0.15, -0.1) is 0 Å². The molecule has 0 unspecified atom stereocenters. The Labute approximate surface area is 158 Å². The van der Waals surface area contributed by atoms with E-state index in [1.165, 1.54) is 10.4 Å². The molecule has 0 spiro atoms.